The van der Waals surface area contributed by atoms with Crippen LogP contribution in [0.2, 0.25) is 5.02 Å². The fourth-order valence-electron chi connectivity index (χ4n) is 2.96. The maximum Gasteiger partial charge on any atom is 0.253 e. The van der Waals surface area contributed by atoms with Crippen LogP contribution in [0.1, 0.15) is 28.8 Å². The minimum absolute atomic E-state index is 0.148. The molecule has 1 fully saturated rings. The Bertz CT molecular complexity index is 847. The van der Waals surface area contributed by atoms with Gasteiger partial charge in [-0.3, -0.25) is 9.59 Å². The summed E-state index contributed by atoms with van der Waals surface area (Å²) < 4.78 is 13.0. The van der Waals surface area contributed by atoms with Gasteiger partial charge in [-0.15, -0.1) is 0 Å². The summed E-state index contributed by atoms with van der Waals surface area (Å²) in [6, 6.07) is 12.7. The van der Waals surface area contributed by atoms with E-state index in [1.807, 2.05) is 12.1 Å². The van der Waals surface area contributed by atoms with Crippen LogP contribution >= 0.6 is 11.6 Å². The number of likely N-dealkylation sites (tertiary alicyclic amines) is 1. The number of hydrogen-bond donors (Lipinski definition) is 1. The number of hydrazone groups is 1. The van der Waals surface area contributed by atoms with E-state index in [4.69, 9.17) is 11.6 Å². The molecule has 0 aliphatic carbocycles. The highest BCUT2D eigenvalue weighted by atomic mass is 35.5. The molecule has 2 aromatic rings. The lowest BCUT2D eigenvalue weighted by Gasteiger charge is -2.31. The van der Waals surface area contributed by atoms with Gasteiger partial charge in [0.15, 0.2) is 0 Å². The van der Waals surface area contributed by atoms with E-state index in [9.17, 15) is 14.0 Å². The quantitative estimate of drug-likeness (QED) is 0.645. The molecule has 1 aliphatic heterocycles. The molecule has 1 saturated heterocycles. The second-order valence-corrected chi connectivity index (χ2v) is 6.74. The lowest BCUT2D eigenvalue weighted by Crippen LogP contribution is -2.42. The number of nitrogens with zero attached hydrogens (tertiary/aromatic N) is 2. The largest absolute Gasteiger partial charge is 0.339 e. The van der Waals surface area contributed by atoms with Crippen molar-refractivity contribution in [2.75, 3.05) is 13.1 Å². The molecule has 0 atom stereocenters. The molecule has 1 heterocycles. The van der Waals surface area contributed by atoms with Crippen molar-refractivity contribution in [3.05, 3.63) is 70.5 Å². The van der Waals surface area contributed by atoms with Gasteiger partial charge in [0.25, 0.3) is 5.91 Å². The van der Waals surface area contributed by atoms with E-state index in [-0.39, 0.29) is 23.5 Å². The van der Waals surface area contributed by atoms with E-state index >= 15 is 0 Å². The summed E-state index contributed by atoms with van der Waals surface area (Å²) in [4.78, 5) is 26.4. The van der Waals surface area contributed by atoms with Gasteiger partial charge in [0.1, 0.15) is 5.82 Å². The number of rotatable bonds is 4. The van der Waals surface area contributed by atoms with Crippen molar-refractivity contribution in [3.8, 4) is 0 Å². The molecule has 2 amide bonds. The third-order valence-electron chi connectivity index (χ3n) is 4.53. The molecule has 5 nitrogen and oxygen atoms in total. The Kier molecular flexibility index (Phi) is 6.19. The third kappa shape index (κ3) is 4.92. The van der Waals surface area contributed by atoms with Crippen LogP contribution in [0.4, 0.5) is 4.39 Å². The van der Waals surface area contributed by atoms with Crippen LogP contribution in [0.15, 0.2) is 53.6 Å². The van der Waals surface area contributed by atoms with Gasteiger partial charge in [-0.2, -0.15) is 5.10 Å². The average Bonchev–Trinajstić information content (AvgIpc) is 2.69. The molecule has 0 radical (unpaired) electrons. The van der Waals surface area contributed by atoms with Crippen molar-refractivity contribution in [2.45, 2.75) is 12.8 Å². The number of piperidine rings is 1. The van der Waals surface area contributed by atoms with E-state index in [1.54, 1.807) is 17.0 Å². The topological polar surface area (TPSA) is 61.8 Å². The summed E-state index contributed by atoms with van der Waals surface area (Å²) in [5.74, 6) is -0.900. The molecule has 1 aliphatic rings. The van der Waals surface area contributed by atoms with Crippen molar-refractivity contribution in [1.82, 2.24) is 10.3 Å². The molecule has 140 valence electrons. The predicted octanol–water partition coefficient (Wildman–Crippen LogP) is 3.48. The Hall–Kier alpha value is -2.73. The van der Waals surface area contributed by atoms with Crippen molar-refractivity contribution < 1.29 is 14.0 Å². The monoisotopic (exact) mass is 387 g/mol. The van der Waals surface area contributed by atoms with Gasteiger partial charge in [0.05, 0.1) is 6.21 Å². The maximum absolute atomic E-state index is 13.0. The van der Waals surface area contributed by atoms with Crippen LogP contribution in [0.3, 0.4) is 0 Å². The summed E-state index contributed by atoms with van der Waals surface area (Å²) in [5.41, 5.74) is 3.71. The van der Waals surface area contributed by atoms with E-state index < -0.39 is 0 Å². The first kappa shape index (κ1) is 19.0. The zero-order valence-electron chi connectivity index (χ0n) is 14.6. The smallest absolute Gasteiger partial charge is 0.253 e. The summed E-state index contributed by atoms with van der Waals surface area (Å²) in [7, 11) is 0. The minimum Gasteiger partial charge on any atom is -0.339 e. The second-order valence-electron chi connectivity index (χ2n) is 6.33. The van der Waals surface area contributed by atoms with E-state index in [0.29, 0.717) is 36.5 Å². The number of halogens is 2. The molecule has 0 unspecified atom stereocenters. The molecule has 0 aromatic heterocycles. The third-order valence-corrected chi connectivity index (χ3v) is 4.87. The summed E-state index contributed by atoms with van der Waals surface area (Å²) in [6.07, 6.45) is 2.62. The van der Waals surface area contributed by atoms with E-state index in [1.165, 1.54) is 30.5 Å². The second kappa shape index (κ2) is 8.77. The van der Waals surface area contributed by atoms with Gasteiger partial charge in [0, 0.05) is 35.2 Å². The Morgan fingerprint density at radius 2 is 1.78 bits per heavy atom. The number of nitrogens with one attached hydrogen (secondary N) is 1. The van der Waals surface area contributed by atoms with Gasteiger partial charge in [-0.05, 0) is 43.2 Å². The lowest BCUT2D eigenvalue weighted by atomic mass is 9.95. The van der Waals surface area contributed by atoms with Crippen LogP contribution in [0.5, 0.6) is 0 Å². The molecule has 0 saturated carbocycles. The number of amides is 2. The number of carbonyl (C=O) groups is 2. The summed E-state index contributed by atoms with van der Waals surface area (Å²) in [6.45, 7) is 0.949. The molecule has 27 heavy (non-hydrogen) atoms. The lowest BCUT2D eigenvalue weighted by molar-refractivity contribution is -0.126. The first-order chi connectivity index (χ1) is 13.0. The van der Waals surface area contributed by atoms with Gasteiger partial charge >= 0.3 is 0 Å². The Labute approximate surface area is 161 Å². The summed E-state index contributed by atoms with van der Waals surface area (Å²) in [5, 5.41) is 4.52. The van der Waals surface area contributed by atoms with Crippen LogP contribution < -0.4 is 5.43 Å². The highest BCUT2D eigenvalue weighted by molar-refractivity contribution is 6.33. The van der Waals surface area contributed by atoms with Crippen LogP contribution in [0, 0.1) is 11.7 Å². The fraction of sp³-hybridized carbons (Fsp3) is 0.250. The van der Waals surface area contributed by atoms with Gasteiger partial charge in [0.2, 0.25) is 5.91 Å². The number of benzene rings is 2. The number of hydrogen-bond acceptors (Lipinski definition) is 3. The molecule has 1 N–H and O–H groups in total. The Balaban J connectivity index is 1.50. The van der Waals surface area contributed by atoms with Crippen LogP contribution in [0.25, 0.3) is 0 Å². The van der Waals surface area contributed by atoms with Crippen LogP contribution in [-0.2, 0) is 4.79 Å². The summed E-state index contributed by atoms with van der Waals surface area (Å²) >= 11 is 6.03. The van der Waals surface area contributed by atoms with E-state index in [0.717, 1.165) is 5.56 Å². The van der Waals surface area contributed by atoms with Crippen LogP contribution in [-0.4, -0.2) is 36.0 Å². The normalized spacial score (nSPS) is 15.1. The van der Waals surface area contributed by atoms with Crippen molar-refractivity contribution in [1.29, 1.82) is 0 Å². The minimum atomic E-state index is -0.376. The first-order valence-electron chi connectivity index (χ1n) is 8.67. The average molecular weight is 388 g/mol. The molecule has 2 aromatic carbocycles. The molecule has 0 bridgehead atoms. The van der Waals surface area contributed by atoms with Gasteiger partial charge in [-0.1, -0.05) is 29.8 Å². The van der Waals surface area contributed by atoms with Gasteiger partial charge in [-0.25, -0.2) is 9.82 Å². The number of carbonyl (C=O) groups excluding carboxylic acids is 2. The highest BCUT2D eigenvalue weighted by Crippen LogP contribution is 2.19. The SMILES string of the molecule is O=C(N/N=C\c1ccccc1Cl)C1CCN(C(=O)c2ccc(F)cc2)CC1. The molecular formula is C20H19ClFN3O2. The maximum atomic E-state index is 13.0. The first-order valence-corrected chi connectivity index (χ1v) is 9.04. The predicted molar refractivity (Wildman–Crippen MR) is 102 cm³/mol. The molecule has 3 rings (SSSR count). The Morgan fingerprint density at radius 3 is 2.44 bits per heavy atom. The Morgan fingerprint density at radius 1 is 1.11 bits per heavy atom. The van der Waals surface area contributed by atoms with Crippen molar-refractivity contribution in [3.63, 3.8) is 0 Å². The standard InChI is InChI=1S/C20H19ClFN3O2/c21-18-4-2-1-3-16(18)13-23-24-19(26)14-9-11-25(12-10-14)20(27)15-5-7-17(22)8-6-15/h1-8,13-14H,9-12H2,(H,24,26)/b23-13-. The molecule has 0 spiro atoms. The van der Waals surface area contributed by atoms with E-state index in [2.05, 4.69) is 10.5 Å². The fourth-order valence-corrected chi connectivity index (χ4v) is 3.14. The highest BCUT2D eigenvalue weighted by Gasteiger charge is 2.27. The zero-order chi connectivity index (χ0) is 19.2. The van der Waals surface area contributed by atoms with Crippen molar-refractivity contribution >= 4 is 29.6 Å². The molecular weight excluding hydrogens is 369 g/mol. The van der Waals surface area contributed by atoms with Crippen molar-refractivity contribution in [2.24, 2.45) is 11.0 Å². The van der Waals surface area contributed by atoms with Gasteiger partial charge < -0.3 is 4.90 Å². The molecule has 7 heteroatoms. The zero-order valence-corrected chi connectivity index (χ0v) is 15.3.